The predicted octanol–water partition coefficient (Wildman–Crippen LogP) is 4.10. The van der Waals surface area contributed by atoms with Crippen LogP contribution in [0, 0.1) is 11.3 Å². The fraction of sp³-hybridized carbons (Fsp3) is 0.182. The summed E-state index contributed by atoms with van der Waals surface area (Å²) < 4.78 is 2.36. The van der Waals surface area contributed by atoms with Gasteiger partial charge in [-0.3, -0.25) is 0 Å². The number of halogens is 1. The maximum absolute atomic E-state index is 8.96. The first-order valence-corrected chi connectivity index (χ1v) is 5.97. The lowest BCUT2D eigenvalue weighted by Crippen LogP contribution is -1.85. The Morgan fingerprint density at radius 1 is 1.43 bits per heavy atom. The summed E-state index contributed by atoms with van der Waals surface area (Å²) in [6, 6.07) is 8.38. The second kappa shape index (κ2) is 3.72. The molecule has 70 valence electrons. The molecule has 0 aliphatic carbocycles. The molecule has 3 heteroatoms. The van der Waals surface area contributed by atoms with Crippen molar-refractivity contribution in [3.8, 4) is 6.07 Å². The summed E-state index contributed by atoms with van der Waals surface area (Å²) in [5, 5.41) is 10.1. The molecule has 0 amide bonds. The zero-order chi connectivity index (χ0) is 10.1. The molecule has 0 N–H and O–H groups in total. The number of nitrogens with zero attached hydrogens (tertiary/aromatic N) is 1. The van der Waals surface area contributed by atoms with Gasteiger partial charge >= 0.3 is 0 Å². The van der Waals surface area contributed by atoms with Crippen LogP contribution >= 0.6 is 27.3 Å². The number of benzene rings is 1. The Morgan fingerprint density at radius 2 is 2.21 bits per heavy atom. The van der Waals surface area contributed by atoms with Crippen molar-refractivity contribution in [1.29, 1.82) is 5.26 Å². The summed E-state index contributed by atoms with van der Waals surface area (Å²) in [4.78, 5) is 0. The van der Waals surface area contributed by atoms with Gasteiger partial charge in [0.25, 0.3) is 0 Å². The van der Waals surface area contributed by atoms with Gasteiger partial charge in [0.2, 0.25) is 0 Å². The zero-order valence-electron chi connectivity index (χ0n) is 7.67. The van der Waals surface area contributed by atoms with Crippen molar-refractivity contribution in [2.45, 2.75) is 13.3 Å². The summed E-state index contributed by atoms with van der Waals surface area (Å²) >= 11 is 5.16. The normalized spacial score (nSPS) is 10.4. The lowest BCUT2D eigenvalue weighted by atomic mass is 10.0. The number of rotatable bonds is 1. The van der Waals surface area contributed by atoms with Crippen LogP contribution in [0.15, 0.2) is 22.0 Å². The number of hydrogen-bond acceptors (Lipinski definition) is 2. The lowest BCUT2D eigenvalue weighted by Gasteiger charge is -1.99. The Bertz CT molecular complexity index is 522. The highest BCUT2D eigenvalue weighted by Gasteiger charge is 2.05. The van der Waals surface area contributed by atoms with Gasteiger partial charge in [0, 0.05) is 4.70 Å². The van der Waals surface area contributed by atoms with Gasteiger partial charge in [0.05, 0.1) is 15.4 Å². The minimum absolute atomic E-state index is 0.797. The number of aryl methyl sites for hydroxylation is 1. The van der Waals surface area contributed by atoms with Crippen molar-refractivity contribution in [2.24, 2.45) is 0 Å². The van der Waals surface area contributed by atoms with Crippen LogP contribution in [-0.2, 0) is 6.42 Å². The van der Waals surface area contributed by atoms with Crippen molar-refractivity contribution in [3.63, 3.8) is 0 Å². The fourth-order valence-electron chi connectivity index (χ4n) is 1.49. The van der Waals surface area contributed by atoms with Crippen LogP contribution in [0.2, 0.25) is 0 Å². The maximum Gasteiger partial charge on any atom is 0.0994 e. The van der Waals surface area contributed by atoms with Crippen molar-refractivity contribution < 1.29 is 0 Å². The average Bonchev–Trinajstić information content (AvgIpc) is 2.54. The molecular weight excluding hydrogens is 258 g/mol. The number of nitriles is 1. The van der Waals surface area contributed by atoms with E-state index in [0.29, 0.717) is 0 Å². The van der Waals surface area contributed by atoms with Gasteiger partial charge in [0.1, 0.15) is 0 Å². The first kappa shape index (κ1) is 9.70. The van der Waals surface area contributed by atoms with Gasteiger partial charge in [-0.15, -0.1) is 11.3 Å². The first-order valence-electron chi connectivity index (χ1n) is 4.36. The van der Waals surface area contributed by atoms with E-state index < -0.39 is 0 Å². The van der Waals surface area contributed by atoms with Crippen LogP contribution in [-0.4, -0.2) is 0 Å². The van der Waals surface area contributed by atoms with E-state index in [0.717, 1.165) is 26.7 Å². The highest BCUT2D eigenvalue weighted by molar-refractivity contribution is 9.11. The van der Waals surface area contributed by atoms with Crippen LogP contribution in [0.5, 0.6) is 0 Å². The molecule has 0 spiro atoms. The predicted molar refractivity (Wildman–Crippen MR) is 63.6 cm³/mol. The minimum Gasteiger partial charge on any atom is -0.192 e. The molecule has 0 atom stereocenters. The molecule has 2 rings (SSSR count). The SMILES string of the molecule is CCc1cc2sc(Br)cc2cc1C#N. The quantitative estimate of drug-likeness (QED) is 0.762. The van der Waals surface area contributed by atoms with Gasteiger partial charge < -0.3 is 0 Å². The van der Waals surface area contributed by atoms with E-state index in [-0.39, 0.29) is 0 Å². The van der Waals surface area contributed by atoms with Crippen LogP contribution in [0.3, 0.4) is 0 Å². The van der Waals surface area contributed by atoms with Crippen molar-refractivity contribution in [3.05, 3.63) is 33.1 Å². The molecule has 1 nitrogen and oxygen atoms in total. The molecule has 0 bridgehead atoms. The first-order chi connectivity index (χ1) is 6.74. The molecule has 1 aromatic heterocycles. The van der Waals surface area contributed by atoms with Crippen molar-refractivity contribution >= 4 is 37.4 Å². The Morgan fingerprint density at radius 3 is 2.86 bits per heavy atom. The van der Waals surface area contributed by atoms with E-state index in [1.807, 2.05) is 6.07 Å². The highest BCUT2D eigenvalue weighted by atomic mass is 79.9. The Kier molecular flexibility index (Phi) is 2.58. The van der Waals surface area contributed by atoms with Crippen LogP contribution in [0.1, 0.15) is 18.1 Å². The molecular formula is C11H8BrNS. The molecule has 0 saturated carbocycles. The van der Waals surface area contributed by atoms with E-state index in [4.69, 9.17) is 5.26 Å². The summed E-state index contributed by atoms with van der Waals surface area (Å²) in [6.07, 6.45) is 0.911. The van der Waals surface area contributed by atoms with Gasteiger partial charge in [-0.1, -0.05) is 6.92 Å². The van der Waals surface area contributed by atoms with E-state index in [1.54, 1.807) is 11.3 Å². The van der Waals surface area contributed by atoms with Crippen LogP contribution in [0.4, 0.5) is 0 Å². The van der Waals surface area contributed by atoms with Gasteiger partial charge in [0.15, 0.2) is 0 Å². The summed E-state index contributed by atoms with van der Waals surface area (Å²) in [6.45, 7) is 2.07. The van der Waals surface area contributed by atoms with Crippen LogP contribution in [0.25, 0.3) is 10.1 Å². The number of fused-ring (bicyclic) bond motifs is 1. The number of hydrogen-bond donors (Lipinski definition) is 0. The van der Waals surface area contributed by atoms with Crippen molar-refractivity contribution in [1.82, 2.24) is 0 Å². The van der Waals surface area contributed by atoms with Gasteiger partial charge in [-0.2, -0.15) is 5.26 Å². The molecule has 1 aromatic carbocycles. The third-order valence-corrected chi connectivity index (χ3v) is 3.81. The topological polar surface area (TPSA) is 23.8 Å². The largest absolute Gasteiger partial charge is 0.192 e. The third kappa shape index (κ3) is 1.56. The average molecular weight is 266 g/mol. The number of thiophene rings is 1. The Balaban J connectivity index is 2.76. The third-order valence-electron chi connectivity index (χ3n) is 2.21. The molecule has 2 aromatic rings. The molecule has 0 saturated heterocycles. The molecule has 0 aliphatic heterocycles. The molecule has 0 fully saturated rings. The van der Waals surface area contributed by atoms with Crippen LogP contribution < -0.4 is 0 Å². The van der Waals surface area contributed by atoms with E-state index >= 15 is 0 Å². The molecule has 0 unspecified atom stereocenters. The second-order valence-corrected chi connectivity index (χ2v) is 5.53. The molecule has 0 aliphatic rings. The second-order valence-electron chi connectivity index (χ2n) is 3.06. The summed E-state index contributed by atoms with van der Waals surface area (Å²) in [5.41, 5.74) is 1.93. The zero-order valence-corrected chi connectivity index (χ0v) is 10.1. The van der Waals surface area contributed by atoms with E-state index in [9.17, 15) is 0 Å². The molecule has 14 heavy (non-hydrogen) atoms. The Labute approximate surface area is 95.1 Å². The van der Waals surface area contributed by atoms with Gasteiger partial charge in [-0.25, -0.2) is 0 Å². The monoisotopic (exact) mass is 265 g/mol. The standard InChI is InChI=1S/C11H8BrNS/c1-2-7-4-10-8(3-9(7)6-13)5-11(12)14-10/h3-5H,2H2,1H3. The summed E-state index contributed by atoms with van der Waals surface area (Å²) in [7, 11) is 0. The molecule has 1 heterocycles. The fourth-order valence-corrected chi connectivity index (χ4v) is 3.10. The smallest absolute Gasteiger partial charge is 0.0994 e. The Hall–Kier alpha value is -0.850. The highest BCUT2D eigenvalue weighted by Crippen LogP contribution is 2.31. The lowest BCUT2D eigenvalue weighted by molar-refractivity contribution is 1.13. The van der Waals surface area contributed by atoms with E-state index in [2.05, 4.69) is 41.1 Å². The minimum atomic E-state index is 0.797. The maximum atomic E-state index is 8.96. The van der Waals surface area contributed by atoms with E-state index in [1.165, 1.54) is 4.70 Å². The van der Waals surface area contributed by atoms with Gasteiger partial charge in [-0.05, 0) is 51.5 Å². The summed E-state index contributed by atoms with van der Waals surface area (Å²) in [5.74, 6) is 0. The van der Waals surface area contributed by atoms with Crippen molar-refractivity contribution in [2.75, 3.05) is 0 Å². The molecule has 0 radical (unpaired) electrons.